The lowest BCUT2D eigenvalue weighted by Crippen LogP contribution is -2.22. The van der Waals surface area contributed by atoms with Crippen LogP contribution in [0.2, 0.25) is 0 Å². The molecule has 0 amide bonds. The van der Waals surface area contributed by atoms with Crippen LogP contribution in [0.5, 0.6) is 11.5 Å². The van der Waals surface area contributed by atoms with Gasteiger partial charge in [0.1, 0.15) is 11.9 Å². The topological polar surface area (TPSA) is 81.8 Å². The number of esters is 1. The number of phenolic OH excluding ortho intramolecular Hbond substituents is 1. The molecular formula is C10H13ClFNO4. The number of phenols is 1. The second-order valence-corrected chi connectivity index (χ2v) is 3.05. The third-order valence-electron chi connectivity index (χ3n) is 2.08. The maximum Gasteiger partial charge on any atom is 0.327 e. The average molecular weight is 266 g/mol. The third kappa shape index (κ3) is 3.21. The normalized spacial score (nSPS) is 11.3. The van der Waals surface area contributed by atoms with Crippen LogP contribution in [0.3, 0.4) is 0 Å². The molecule has 7 heteroatoms. The number of hydrogen-bond acceptors (Lipinski definition) is 5. The van der Waals surface area contributed by atoms with E-state index in [0.717, 1.165) is 19.2 Å². The van der Waals surface area contributed by atoms with Crippen molar-refractivity contribution in [3.63, 3.8) is 0 Å². The molecule has 0 heterocycles. The van der Waals surface area contributed by atoms with Crippen LogP contribution in [-0.2, 0) is 9.53 Å². The minimum Gasteiger partial charge on any atom is -0.504 e. The van der Waals surface area contributed by atoms with E-state index in [1.807, 2.05) is 0 Å². The molecule has 0 radical (unpaired) electrons. The molecule has 1 aromatic carbocycles. The fraction of sp³-hybridized carbons (Fsp3) is 0.300. The minimum absolute atomic E-state index is 0. The zero-order valence-electron chi connectivity index (χ0n) is 9.27. The van der Waals surface area contributed by atoms with Crippen molar-refractivity contribution < 1.29 is 23.8 Å². The van der Waals surface area contributed by atoms with Crippen LogP contribution in [0.15, 0.2) is 12.1 Å². The summed E-state index contributed by atoms with van der Waals surface area (Å²) in [6, 6.07) is 0.692. The number of nitrogens with two attached hydrogens (primary N) is 1. The van der Waals surface area contributed by atoms with Crippen molar-refractivity contribution in [3.8, 4) is 11.5 Å². The first-order valence-electron chi connectivity index (χ1n) is 4.41. The van der Waals surface area contributed by atoms with Crippen LogP contribution < -0.4 is 10.5 Å². The van der Waals surface area contributed by atoms with Gasteiger partial charge >= 0.3 is 5.97 Å². The van der Waals surface area contributed by atoms with Crippen LogP contribution in [0.25, 0.3) is 0 Å². The van der Waals surface area contributed by atoms with E-state index in [1.54, 1.807) is 0 Å². The van der Waals surface area contributed by atoms with Crippen molar-refractivity contribution >= 4 is 18.4 Å². The highest BCUT2D eigenvalue weighted by molar-refractivity contribution is 5.85. The van der Waals surface area contributed by atoms with Gasteiger partial charge in [0.25, 0.3) is 0 Å². The minimum atomic E-state index is -1.26. The molecule has 3 N–H and O–H groups in total. The Morgan fingerprint density at radius 2 is 2.06 bits per heavy atom. The monoisotopic (exact) mass is 265 g/mol. The highest BCUT2D eigenvalue weighted by Gasteiger charge is 2.23. The summed E-state index contributed by atoms with van der Waals surface area (Å²) in [4.78, 5) is 11.2. The highest BCUT2D eigenvalue weighted by Crippen LogP contribution is 2.34. The second-order valence-electron chi connectivity index (χ2n) is 3.05. The van der Waals surface area contributed by atoms with E-state index in [9.17, 15) is 14.3 Å². The maximum absolute atomic E-state index is 13.1. The molecule has 0 bridgehead atoms. The Bertz CT molecular complexity index is 414. The molecule has 0 spiro atoms. The summed E-state index contributed by atoms with van der Waals surface area (Å²) >= 11 is 0. The Balaban J connectivity index is 0.00000256. The lowest BCUT2D eigenvalue weighted by atomic mass is 10.1. The molecule has 0 aliphatic heterocycles. The molecule has 0 aliphatic rings. The predicted octanol–water partition coefficient (Wildman–Crippen LogP) is 1.13. The zero-order chi connectivity index (χ0) is 12.3. The standard InChI is InChI=1S/C10H12FNO4.ClH/c1-15-7-4-5(11)3-6(9(7)13)8(12)10(14)16-2;/h3-4,8,13H,12H2,1-2H3;1H/t8-;/m1./s1. The number of carbonyl (C=O) groups is 1. The van der Waals surface area contributed by atoms with Crippen molar-refractivity contribution in [1.29, 1.82) is 0 Å². The summed E-state index contributed by atoms with van der Waals surface area (Å²) in [5, 5.41) is 9.65. The zero-order valence-corrected chi connectivity index (χ0v) is 10.1. The summed E-state index contributed by atoms with van der Waals surface area (Å²) in [6.45, 7) is 0. The molecule has 1 rings (SSSR count). The Morgan fingerprint density at radius 1 is 1.47 bits per heavy atom. The van der Waals surface area contributed by atoms with Gasteiger partial charge in [-0.05, 0) is 6.07 Å². The fourth-order valence-corrected chi connectivity index (χ4v) is 1.24. The molecule has 1 aromatic rings. The molecule has 1 atom stereocenters. The first kappa shape index (κ1) is 15.5. The van der Waals surface area contributed by atoms with E-state index in [1.165, 1.54) is 7.11 Å². The third-order valence-corrected chi connectivity index (χ3v) is 2.08. The van der Waals surface area contributed by atoms with Crippen molar-refractivity contribution in [3.05, 3.63) is 23.5 Å². The average Bonchev–Trinajstić information content (AvgIpc) is 2.29. The quantitative estimate of drug-likeness (QED) is 0.801. The number of rotatable bonds is 3. The predicted molar refractivity (Wildman–Crippen MR) is 60.8 cm³/mol. The van der Waals surface area contributed by atoms with Gasteiger partial charge in [0.2, 0.25) is 0 Å². The number of hydrogen-bond donors (Lipinski definition) is 2. The van der Waals surface area contributed by atoms with E-state index in [-0.39, 0.29) is 29.5 Å². The van der Waals surface area contributed by atoms with Crippen LogP contribution >= 0.6 is 12.4 Å². The first-order chi connectivity index (χ1) is 7.51. The van der Waals surface area contributed by atoms with Gasteiger partial charge in [-0.15, -0.1) is 12.4 Å². The maximum atomic E-state index is 13.1. The molecule has 0 aromatic heterocycles. The van der Waals surface area contributed by atoms with E-state index < -0.39 is 17.8 Å². The molecule has 5 nitrogen and oxygen atoms in total. The van der Waals surface area contributed by atoms with Crippen molar-refractivity contribution in [2.45, 2.75) is 6.04 Å². The van der Waals surface area contributed by atoms with Gasteiger partial charge in [0.05, 0.1) is 14.2 Å². The Kier molecular flexibility index (Phi) is 5.70. The van der Waals surface area contributed by atoms with Gasteiger partial charge in [-0.3, -0.25) is 4.79 Å². The van der Waals surface area contributed by atoms with Gasteiger partial charge < -0.3 is 20.3 Å². The Hall–Kier alpha value is -1.53. The first-order valence-corrected chi connectivity index (χ1v) is 4.41. The van der Waals surface area contributed by atoms with Crippen molar-refractivity contribution in [2.24, 2.45) is 5.73 Å². The summed E-state index contributed by atoms with van der Waals surface area (Å²) in [5.74, 6) is -1.90. The van der Waals surface area contributed by atoms with Crippen LogP contribution in [0.4, 0.5) is 4.39 Å². The fourth-order valence-electron chi connectivity index (χ4n) is 1.24. The number of aromatic hydroxyl groups is 1. The SMILES string of the molecule is COC(=O)[C@H](N)c1cc(F)cc(OC)c1O.Cl. The van der Waals surface area contributed by atoms with Gasteiger partial charge in [-0.1, -0.05) is 0 Å². The smallest absolute Gasteiger partial charge is 0.327 e. The van der Waals surface area contributed by atoms with Crippen LogP contribution in [0, 0.1) is 5.82 Å². The second kappa shape index (κ2) is 6.27. The van der Waals surface area contributed by atoms with E-state index in [0.29, 0.717) is 0 Å². The molecule has 0 fully saturated rings. The van der Waals surface area contributed by atoms with E-state index in [2.05, 4.69) is 4.74 Å². The molecule has 0 saturated carbocycles. The molecule has 17 heavy (non-hydrogen) atoms. The van der Waals surface area contributed by atoms with Gasteiger partial charge in [-0.2, -0.15) is 0 Å². The number of carbonyl (C=O) groups excluding carboxylic acids is 1. The molecule has 0 unspecified atom stereocenters. The van der Waals surface area contributed by atoms with E-state index in [4.69, 9.17) is 10.5 Å². The lowest BCUT2D eigenvalue weighted by Gasteiger charge is -2.13. The summed E-state index contributed by atoms with van der Waals surface area (Å²) < 4.78 is 22.3. The lowest BCUT2D eigenvalue weighted by molar-refractivity contribution is -0.142. The van der Waals surface area contributed by atoms with Crippen molar-refractivity contribution in [2.75, 3.05) is 14.2 Å². The number of methoxy groups -OCH3 is 2. The Morgan fingerprint density at radius 3 is 2.53 bits per heavy atom. The van der Waals surface area contributed by atoms with E-state index >= 15 is 0 Å². The number of ether oxygens (including phenoxy) is 2. The summed E-state index contributed by atoms with van der Waals surface area (Å²) in [5.41, 5.74) is 5.41. The van der Waals surface area contributed by atoms with Crippen LogP contribution in [0.1, 0.15) is 11.6 Å². The molecule has 0 saturated heterocycles. The Labute approximate surface area is 104 Å². The van der Waals surface area contributed by atoms with Crippen LogP contribution in [-0.4, -0.2) is 25.3 Å². The van der Waals surface area contributed by atoms with Gasteiger partial charge in [0.15, 0.2) is 11.5 Å². The number of benzene rings is 1. The molecular weight excluding hydrogens is 253 g/mol. The van der Waals surface area contributed by atoms with Crippen molar-refractivity contribution in [1.82, 2.24) is 0 Å². The molecule has 0 aliphatic carbocycles. The molecule has 96 valence electrons. The largest absolute Gasteiger partial charge is 0.504 e. The highest BCUT2D eigenvalue weighted by atomic mass is 35.5. The number of halogens is 2. The summed E-state index contributed by atoms with van der Waals surface area (Å²) in [7, 11) is 2.41. The van der Waals surface area contributed by atoms with Gasteiger partial charge in [0, 0.05) is 11.6 Å². The summed E-state index contributed by atoms with van der Waals surface area (Å²) in [6.07, 6.45) is 0. The van der Waals surface area contributed by atoms with Gasteiger partial charge in [-0.25, -0.2) is 4.39 Å².